The van der Waals surface area contributed by atoms with E-state index in [1.165, 1.54) is 50.1 Å². The van der Waals surface area contributed by atoms with E-state index in [1.807, 2.05) is 0 Å². The van der Waals surface area contributed by atoms with Crippen molar-refractivity contribution in [3.8, 4) is 22.3 Å². The molecular formula is C37H29N. The highest BCUT2D eigenvalue weighted by Crippen LogP contribution is 2.49. The normalized spacial score (nSPS) is 15.0. The van der Waals surface area contributed by atoms with Crippen LogP contribution in [-0.4, -0.2) is 5.71 Å². The van der Waals surface area contributed by atoms with Crippen molar-refractivity contribution >= 4 is 23.0 Å². The summed E-state index contributed by atoms with van der Waals surface area (Å²) in [4.78, 5) is 5.27. The first-order valence-corrected chi connectivity index (χ1v) is 13.4. The second-order valence-corrected chi connectivity index (χ2v) is 10.8. The van der Waals surface area contributed by atoms with Gasteiger partial charge in [0.05, 0.1) is 11.4 Å². The van der Waals surface area contributed by atoms with E-state index in [2.05, 4.69) is 141 Å². The van der Waals surface area contributed by atoms with Crippen LogP contribution in [0.2, 0.25) is 0 Å². The summed E-state index contributed by atoms with van der Waals surface area (Å²) in [5, 5.41) is 0. The Kier molecular flexibility index (Phi) is 5.26. The van der Waals surface area contributed by atoms with Gasteiger partial charge in [0.2, 0.25) is 0 Å². The van der Waals surface area contributed by atoms with Gasteiger partial charge in [-0.15, -0.1) is 0 Å². The largest absolute Gasteiger partial charge is 0.252 e. The van der Waals surface area contributed by atoms with E-state index in [0.29, 0.717) is 0 Å². The molecule has 0 amide bonds. The smallest absolute Gasteiger partial charge is 0.0711 e. The van der Waals surface area contributed by atoms with Crippen LogP contribution < -0.4 is 0 Å². The van der Waals surface area contributed by atoms with E-state index in [-0.39, 0.29) is 5.41 Å². The lowest BCUT2D eigenvalue weighted by Crippen LogP contribution is -2.14. The van der Waals surface area contributed by atoms with Gasteiger partial charge in [0.15, 0.2) is 0 Å². The molecular weight excluding hydrogens is 458 g/mol. The third-order valence-corrected chi connectivity index (χ3v) is 8.14. The lowest BCUT2D eigenvalue weighted by molar-refractivity contribution is 0.660. The number of aliphatic imine (C=N–C) groups is 1. The average Bonchev–Trinajstić information content (AvgIpc) is 3.08. The second-order valence-electron chi connectivity index (χ2n) is 10.8. The molecule has 0 N–H and O–H groups in total. The van der Waals surface area contributed by atoms with E-state index < -0.39 is 0 Å². The first-order chi connectivity index (χ1) is 18.6. The number of rotatable bonds is 3. The summed E-state index contributed by atoms with van der Waals surface area (Å²) >= 11 is 0. The van der Waals surface area contributed by atoms with Gasteiger partial charge in [-0.3, -0.25) is 4.99 Å². The molecule has 1 heteroatoms. The minimum Gasteiger partial charge on any atom is -0.252 e. The lowest BCUT2D eigenvalue weighted by atomic mass is 9.81. The summed E-state index contributed by atoms with van der Waals surface area (Å²) in [5.74, 6) is 0. The van der Waals surface area contributed by atoms with E-state index >= 15 is 0 Å². The Morgan fingerprint density at radius 2 is 1.18 bits per heavy atom. The Hall–Kier alpha value is -4.49. The van der Waals surface area contributed by atoms with Crippen LogP contribution in [0.5, 0.6) is 0 Å². The average molecular weight is 488 g/mol. The van der Waals surface area contributed by atoms with Crippen molar-refractivity contribution in [3.05, 3.63) is 149 Å². The van der Waals surface area contributed by atoms with E-state index in [0.717, 1.165) is 23.4 Å². The molecule has 0 fully saturated rings. The third kappa shape index (κ3) is 3.74. The standard InChI is InChI=1S/C37H29N/c1-37(2)33-16-10-9-15-31(33)32-20-19-27(22-34(32)37)28-17-18-29-21-30(25-11-5-3-6-12-25)24-35(38-36(29)23-28)26-13-7-4-8-14-26/h3-23H,24H2,1-2H3. The van der Waals surface area contributed by atoms with Gasteiger partial charge < -0.3 is 0 Å². The van der Waals surface area contributed by atoms with Crippen LogP contribution in [0.25, 0.3) is 33.9 Å². The van der Waals surface area contributed by atoms with E-state index in [4.69, 9.17) is 4.99 Å². The monoisotopic (exact) mass is 487 g/mol. The molecule has 0 aromatic heterocycles. The number of hydrogen-bond acceptors (Lipinski definition) is 1. The Labute approximate surface area is 224 Å². The lowest BCUT2D eigenvalue weighted by Gasteiger charge is -2.22. The Morgan fingerprint density at radius 3 is 1.97 bits per heavy atom. The number of hydrogen-bond donors (Lipinski definition) is 0. The van der Waals surface area contributed by atoms with Crippen LogP contribution >= 0.6 is 0 Å². The fourth-order valence-corrected chi connectivity index (χ4v) is 6.06. The molecule has 2 aliphatic rings. The molecule has 0 bridgehead atoms. The van der Waals surface area contributed by atoms with Crippen molar-refractivity contribution in [2.45, 2.75) is 25.7 Å². The molecule has 1 aliphatic carbocycles. The molecule has 5 aromatic carbocycles. The summed E-state index contributed by atoms with van der Waals surface area (Å²) in [6.07, 6.45) is 3.11. The van der Waals surface area contributed by atoms with Crippen molar-refractivity contribution in [1.82, 2.24) is 0 Å². The quantitative estimate of drug-likeness (QED) is 0.240. The minimum absolute atomic E-state index is 0.0143. The maximum Gasteiger partial charge on any atom is 0.0711 e. The zero-order valence-electron chi connectivity index (χ0n) is 21.8. The molecule has 182 valence electrons. The molecule has 1 heterocycles. The highest BCUT2D eigenvalue weighted by molar-refractivity contribution is 6.11. The Morgan fingerprint density at radius 1 is 0.553 bits per heavy atom. The van der Waals surface area contributed by atoms with Gasteiger partial charge in [-0.05, 0) is 68.3 Å². The zero-order valence-corrected chi connectivity index (χ0v) is 21.8. The molecule has 7 rings (SSSR count). The van der Waals surface area contributed by atoms with Gasteiger partial charge in [0.1, 0.15) is 0 Å². The second kappa shape index (κ2) is 8.82. The van der Waals surface area contributed by atoms with Crippen molar-refractivity contribution in [3.63, 3.8) is 0 Å². The van der Waals surface area contributed by atoms with Gasteiger partial charge >= 0.3 is 0 Å². The first-order valence-electron chi connectivity index (χ1n) is 13.4. The minimum atomic E-state index is -0.0143. The molecule has 0 unspecified atom stereocenters. The first kappa shape index (κ1) is 22.7. The van der Waals surface area contributed by atoms with Crippen LogP contribution in [0, 0.1) is 0 Å². The van der Waals surface area contributed by atoms with Crippen molar-refractivity contribution in [1.29, 1.82) is 0 Å². The maximum absolute atomic E-state index is 5.27. The van der Waals surface area contributed by atoms with Crippen LogP contribution in [0.15, 0.2) is 126 Å². The van der Waals surface area contributed by atoms with E-state index in [1.54, 1.807) is 0 Å². The van der Waals surface area contributed by atoms with Crippen LogP contribution in [0.3, 0.4) is 0 Å². The summed E-state index contributed by atoms with van der Waals surface area (Å²) in [5.41, 5.74) is 14.9. The molecule has 0 saturated heterocycles. The molecule has 0 saturated carbocycles. The Bertz CT molecular complexity index is 1740. The molecule has 0 atom stereocenters. The van der Waals surface area contributed by atoms with Crippen molar-refractivity contribution in [2.24, 2.45) is 4.99 Å². The highest BCUT2D eigenvalue weighted by Gasteiger charge is 2.35. The SMILES string of the molecule is CC1(C)c2ccccc2-c2ccc(-c3ccc4c(c3)N=C(c3ccccc3)CC(c3ccccc3)=C4)cc21. The summed E-state index contributed by atoms with van der Waals surface area (Å²) < 4.78 is 0. The van der Waals surface area contributed by atoms with Crippen LogP contribution in [-0.2, 0) is 5.41 Å². The topological polar surface area (TPSA) is 12.4 Å². The summed E-state index contributed by atoms with van der Waals surface area (Å²) in [6.45, 7) is 4.68. The molecule has 5 aromatic rings. The van der Waals surface area contributed by atoms with Crippen LogP contribution in [0.4, 0.5) is 5.69 Å². The predicted octanol–water partition coefficient (Wildman–Crippen LogP) is 9.72. The number of allylic oxidation sites excluding steroid dienone is 1. The van der Waals surface area contributed by atoms with Gasteiger partial charge in [-0.2, -0.15) is 0 Å². The molecule has 1 aliphatic heterocycles. The molecule has 1 nitrogen and oxygen atoms in total. The van der Waals surface area contributed by atoms with Crippen molar-refractivity contribution < 1.29 is 0 Å². The third-order valence-electron chi connectivity index (χ3n) is 8.14. The van der Waals surface area contributed by atoms with Gasteiger partial charge in [0.25, 0.3) is 0 Å². The summed E-state index contributed by atoms with van der Waals surface area (Å²) in [7, 11) is 0. The maximum atomic E-state index is 5.27. The molecule has 0 spiro atoms. The molecule has 0 radical (unpaired) electrons. The zero-order chi connectivity index (χ0) is 25.7. The molecule has 38 heavy (non-hydrogen) atoms. The highest BCUT2D eigenvalue weighted by atomic mass is 14.8. The van der Waals surface area contributed by atoms with Gasteiger partial charge in [-0.1, -0.05) is 123 Å². The Balaban J connectivity index is 1.36. The number of benzene rings is 5. The fourth-order valence-electron chi connectivity index (χ4n) is 6.06. The van der Waals surface area contributed by atoms with E-state index in [9.17, 15) is 0 Å². The number of fused-ring (bicyclic) bond motifs is 4. The fraction of sp³-hybridized carbons (Fsp3) is 0.108. The predicted molar refractivity (Wildman–Crippen MR) is 161 cm³/mol. The summed E-state index contributed by atoms with van der Waals surface area (Å²) in [6, 6.07) is 43.8. The van der Waals surface area contributed by atoms with Gasteiger partial charge in [0, 0.05) is 17.4 Å². The van der Waals surface area contributed by atoms with Crippen molar-refractivity contribution in [2.75, 3.05) is 0 Å². The van der Waals surface area contributed by atoms with Gasteiger partial charge in [-0.25, -0.2) is 0 Å². The number of nitrogens with zero attached hydrogens (tertiary/aromatic N) is 1. The van der Waals surface area contributed by atoms with Crippen LogP contribution in [0.1, 0.15) is 48.1 Å².